The van der Waals surface area contributed by atoms with Gasteiger partial charge in [0.15, 0.2) is 0 Å². The van der Waals surface area contributed by atoms with Gasteiger partial charge in [-0.25, -0.2) is 0 Å². The molecule has 4 aliphatic carbocycles. The molecule has 0 amide bonds. The molecule has 1 aliphatic heterocycles. The Kier molecular flexibility index (Phi) is 7.35. The van der Waals surface area contributed by atoms with Crippen LogP contribution in [0.5, 0.6) is 0 Å². The SMILES string of the molecule is CC1CC(C2C=C(C3=C4C=CC(c5ccccc5)=CC4C(c4cccc(-c5ccncc5)c4)C4=CCCC=C43)C=CC2)=CC=N1. The fourth-order valence-electron chi connectivity index (χ4n) is 7.86. The minimum absolute atomic E-state index is 0.227. The number of allylic oxidation sites excluding steroid dienone is 15. The van der Waals surface area contributed by atoms with Crippen molar-refractivity contribution in [3.05, 3.63) is 178 Å². The zero-order valence-corrected chi connectivity index (χ0v) is 25.8. The molecule has 2 heterocycles. The third kappa shape index (κ3) is 5.29. The van der Waals surface area contributed by atoms with Gasteiger partial charge in [0.1, 0.15) is 0 Å². The molecule has 4 unspecified atom stereocenters. The van der Waals surface area contributed by atoms with Crippen LogP contribution in [0.25, 0.3) is 16.7 Å². The van der Waals surface area contributed by atoms with Crippen molar-refractivity contribution in [2.24, 2.45) is 16.8 Å². The molecule has 0 spiro atoms. The van der Waals surface area contributed by atoms with Gasteiger partial charge in [-0.3, -0.25) is 9.98 Å². The normalized spacial score (nSPS) is 25.4. The average molecular weight is 583 g/mol. The number of dihydropyridines is 1. The van der Waals surface area contributed by atoms with Gasteiger partial charge in [0.2, 0.25) is 0 Å². The summed E-state index contributed by atoms with van der Waals surface area (Å²) in [5.41, 5.74) is 15.0. The minimum atomic E-state index is 0.227. The van der Waals surface area contributed by atoms with E-state index in [0.29, 0.717) is 12.0 Å². The Bertz CT molecular complexity index is 1910. The lowest BCUT2D eigenvalue weighted by Gasteiger charge is -2.41. The smallest absolute Gasteiger partial charge is 0.0508 e. The van der Waals surface area contributed by atoms with E-state index < -0.39 is 0 Å². The summed E-state index contributed by atoms with van der Waals surface area (Å²) in [5.74, 6) is 0.882. The Morgan fingerprint density at radius 1 is 0.756 bits per heavy atom. The van der Waals surface area contributed by atoms with Gasteiger partial charge in [-0.05, 0) is 107 Å². The molecular formula is C43H38N2. The van der Waals surface area contributed by atoms with E-state index in [1.807, 2.05) is 18.6 Å². The Balaban J connectivity index is 1.30. The highest BCUT2D eigenvalue weighted by Crippen LogP contribution is 2.54. The maximum Gasteiger partial charge on any atom is 0.0508 e. The Morgan fingerprint density at radius 2 is 1.60 bits per heavy atom. The van der Waals surface area contributed by atoms with Gasteiger partial charge in [-0.15, -0.1) is 0 Å². The second kappa shape index (κ2) is 11.9. The predicted octanol–water partition coefficient (Wildman–Crippen LogP) is 10.4. The van der Waals surface area contributed by atoms with Gasteiger partial charge in [0.25, 0.3) is 0 Å². The monoisotopic (exact) mass is 582 g/mol. The van der Waals surface area contributed by atoms with Gasteiger partial charge in [0.05, 0.1) is 6.04 Å². The first kappa shape index (κ1) is 27.7. The third-order valence-electron chi connectivity index (χ3n) is 9.96. The lowest BCUT2D eigenvalue weighted by Crippen LogP contribution is -2.27. The van der Waals surface area contributed by atoms with Crippen molar-refractivity contribution >= 4 is 11.8 Å². The summed E-state index contributed by atoms with van der Waals surface area (Å²) in [7, 11) is 0. The Labute approximate surface area is 267 Å². The van der Waals surface area contributed by atoms with E-state index in [-0.39, 0.29) is 11.8 Å². The Morgan fingerprint density at radius 3 is 2.47 bits per heavy atom. The lowest BCUT2D eigenvalue weighted by molar-refractivity contribution is 0.622. The molecule has 0 saturated heterocycles. The summed E-state index contributed by atoms with van der Waals surface area (Å²) < 4.78 is 0. The molecule has 2 aromatic carbocycles. The van der Waals surface area contributed by atoms with E-state index in [2.05, 4.69) is 138 Å². The van der Waals surface area contributed by atoms with Crippen LogP contribution in [0.3, 0.4) is 0 Å². The van der Waals surface area contributed by atoms with E-state index in [1.165, 1.54) is 61.3 Å². The molecule has 2 nitrogen and oxygen atoms in total. The van der Waals surface area contributed by atoms with Crippen LogP contribution in [-0.2, 0) is 0 Å². The standard InChI is InChI=1S/C43H38N2/c1-29-25-35(21-24-45-29)33-12-8-13-36(27-33)42-38-15-5-6-16-39(38)43(37-14-7-11-32(26-37)31-19-22-44-23-20-31)41-28-34(17-18-40(41)42)30-9-3-2-4-10-30/h2-4,7-11,13-24,26-29,33,41,43H,5-6,12,25H2,1H3. The van der Waals surface area contributed by atoms with Crippen LogP contribution in [-0.4, -0.2) is 17.2 Å². The zero-order chi connectivity index (χ0) is 30.2. The molecule has 0 radical (unpaired) electrons. The van der Waals surface area contributed by atoms with Gasteiger partial charge >= 0.3 is 0 Å². The second-order valence-corrected chi connectivity index (χ2v) is 12.8. The van der Waals surface area contributed by atoms with Crippen LogP contribution in [0, 0.1) is 11.8 Å². The van der Waals surface area contributed by atoms with E-state index in [1.54, 1.807) is 0 Å². The fourth-order valence-corrected chi connectivity index (χ4v) is 7.86. The lowest BCUT2D eigenvalue weighted by atomic mass is 9.62. The van der Waals surface area contributed by atoms with Crippen molar-refractivity contribution in [3.63, 3.8) is 0 Å². The Hall–Kier alpha value is -4.82. The largest absolute Gasteiger partial charge is 0.290 e. The molecule has 0 N–H and O–H groups in total. The number of hydrogen-bond acceptors (Lipinski definition) is 2. The highest BCUT2D eigenvalue weighted by molar-refractivity contribution is 5.81. The fraction of sp³-hybridized carbons (Fsp3) is 0.209. The number of pyridine rings is 1. The van der Waals surface area contributed by atoms with E-state index in [9.17, 15) is 0 Å². The number of benzene rings is 2. The van der Waals surface area contributed by atoms with Crippen molar-refractivity contribution in [1.29, 1.82) is 0 Å². The summed E-state index contributed by atoms with van der Waals surface area (Å²) in [6, 6.07) is 24.6. The van der Waals surface area contributed by atoms with Gasteiger partial charge in [0, 0.05) is 36.4 Å². The molecule has 2 heteroatoms. The summed E-state index contributed by atoms with van der Waals surface area (Å²) in [4.78, 5) is 8.86. The quantitative estimate of drug-likeness (QED) is 0.294. The zero-order valence-electron chi connectivity index (χ0n) is 25.8. The molecule has 4 atom stereocenters. The minimum Gasteiger partial charge on any atom is -0.290 e. The number of hydrogen-bond donors (Lipinski definition) is 0. The molecule has 220 valence electrons. The first-order chi connectivity index (χ1) is 22.2. The number of aliphatic imine (C=N–C) groups is 1. The van der Waals surface area contributed by atoms with Crippen LogP contribution >= 0.6 is 0 Å². The summed E-state index contributed by atoms with van der Waals surface area (Å²) >= 11 is 0. The third-order valence-corrected chi connectivity index (χ3v) is 9.96. The molecule has 0 bridgehead atoms. The molecule has 5 aliphatic rings. The van der Waals surface area contributed by atoms with Gasteiger partial charge in [-0.2, -0.15) is 0 Å². The number of nitrogens with zero attached hydrogens (tertiary/aromatic N) is 2. The van der Waals surface area contributed by atoms with Crippen LogP contribution in [0.2, 0.25) is 0 Å². The van der Waals surface area contributed by atoms with E-state index in [0.717, 1.165) is 25.7 Å². The highest BCUT2D eigenvalue weighted by Gasteiger charge is 2.39. The summed E-state index contributed by atoms with van der Waals surface area (Å²) in [5, 5.41) is 0. The van der Waals surface area contributed by atoms with Gasteiger partial charge in [-0.1, -0.05) is 109 Å². The topological polar surface area (TPSA) is 25.2 Å². The number of fused-ring (bicyclic) bond motifs is 2. The van der Waals surface area contributed by atoms with Crippen LogP contribution < -0.4 is 0 Å². The van der Waals surface area contributed by atoms with Crippen LogP contribution in [0.15, 0.2) is 172 Å². The maximum absolute atomic E-state index is 4.60. The molecule has 0 saturated carbocycles. The van der Waals surface area contributed by atoms with Gasteiger partial charge < -0.3 is 0 Å². The molecule has 8 rings (SSSR count). The van der Waals surface area contributed by atoms with Crippen molar-refractivity contribution in [3.8, 4) is 11.1 Å². The van der Waals surface area contributed by atoms with Crippen molar-refractivity contribution < 1.29 is 0 Å². The first-order valence-corrected chi connectivity index (χ1v) is 16.4. The molecule has 0 fully saturated rings. The molecule has 45 heavy (non-hydrogen) atoms. The van der Waals surface area contributed by atoms with Crippen molar-refractivity contribution in [2.75, 3.05) is 0 Å². The van der Waals surface area contributed by atoms with Crippen LogP contribution in [0.1, 0.15) is 49.7 Å². The van der Waals surface area contributed by atoms with E-state index in [4.69, 9.17) is 0 Å². The second-order valence-electron chi connectivity index (χ2n) is 12.8. The summed E-state index contributed by atoms with van der Waals surface area (Å²) in [6.07, 6.45) is 32.0. The predicted molar refractivity (Wildman–Crippen MR) is 188 cm³/mol. The average Bonchev–Trinajstić information content (AvgIpc) is 3.11. The van der Waals surface area contributed by atoms with Crippen LogP contribution in [0.4, 0.5) is 0 Å². The van der Waals surface area contributed by atoms with Crippen molar-refractivity contribution in [1.82, 2.24) is 4.98 Å². The van der Waals surface area contributed by atoms with Crippen molar-refractivity contribution in [2.45, 2.75) is 44.6 Å². The maximum atomic E-state index is 4.60. The number of rotatable bonds is 5. The van der Waals surface area contributed by atoms with E-state index >= 15 is 0 Å². The molecular weight excluding hydrogens is 544 g/mol. The molecule has 3 aromatic rings. The summed E-state index contributed by atoms with van der Waals surface area (Å²) in [6.45, 7) is 2.22. The molecule has 1 aromatic heterocycles. The highest BCUT2D eigenvalue weighted by atomic mass is 14.8. The number of aromatic nitrogens is 1. The first-order valence-electron chi connectivity index (χ1n) is 16.4.